The second-order valence-electron chi connectivity index (χ2n) is 3.74. The van der Waals surface area contributed by atoms with Gasteiger partial charge in [-0.25, -0.2) is 9.78 Å². The van der Waals surface area contributed by atoms with Gasteiger partial charge in [0.2, 0.25) is 0 Å². The fourth-order valence-corrected chi connectivity index (χ4v) is 2.87. The average molecular weight is 327 g/mol. The van der Waals surface area contributed by atoms with E-state index in [4.69, 9.17) is 5.11 Å². The second-order valence-corrected chi connectivity index (χ2v) is 5.66. The molecule has 0 saturated heterocycles. The van der Waals surface area contributed by atoms with E-state index in [1.165, 1.54) is 11.3 Å². The Bertz CT molecular complexity index is 583. The van der Waals surface area contributed by atoms with Crippen molar-refractivity contribution in [2.24, 2.45) is 0 Å². The highest BCUT2D eigenvalue weighted by Crippen LogP contribution is 2.29. The monoisotopic (exact) mass is 326 g/mol. The predicted molar refractivity (Wildman–Crippen MR) is 74.0 cm³/mol. The summed E-state index contributed by atoms with van der Waals surface area (Å²) in [5.41, 5.74) is 1.49. The highest BCUT2D eigenvalue weighted by Gasteiger charge is 2.17. The van der Waals surface area contributed by atoms with Crippen LogP contribution in [0.2, 0.25) is 0 Å². The predicted octanol–water partition coefficient (Wildman–Crippen LogP) is 3.62. The lowest BCUT2D eigenvalue weighted by molar-refractivity contribution is 0.0700. The second kappa shape index (κ2) is 5.58. The van der Waals surface area contributed by atoms with E-state index < -0.39 is 5.97 Å². The third kappa shape index (κ3) is 2.76. The van der Waals surface area contributed by atoms with Gasteiger partial charge in [0.15, 0.2) is 0 Å². The summed E-state index contributed by atoms with van der Waals surface area (Å²) in [6.07, 6.45) is 4.92. The van der Waals surface area contributed by atoms with Crippen molar-refractivity contribution in [3.8, 4) is 10.6 Å². The average Bonchev–Trinajstić information content (AvgIpc) is 2.74. The first-order valence-electron chi connectivity index (χ1n) is 5.45. The quantitative estimate of drug-likeness (QED) is 0.932. The number of thiazole rings is 1. The molecule has 0 atom stereocenters. The van der Waals surface area contributed by atoms with Gasteiger partial charge in [-0.1, -0.05) is 13.3 Å². The molecule has 18 heavy (non-hydrogen) atoms. The topological polar surface area (TPSA) is 63.1 Å². The molecule has 0 amide bonds. The Hall–Kier alpha value is -1.27. The van der Waals surface area contributed by atoms with Crippen LogP contribution in [0.5, 0.6) is 0 Å². The molecule has 0 bridgehead atoms. The number of rotatable bonds is 4. The van der Waals surface area contributed by atoms with Crippen molar-refractivity contribution in [1.29, 1.82) is 0 Å². The number of nitrogens with zero attached hydrogens (tertiary/aromatic N) is 2. The molecule has 2 aromatic heterocycles. The van der Waals surface area contributed by atoms with Crippen molar-refractivity contribution in [1.82, 2.24) is 9.97 Å². The number of aromatic carboxylic acids is 1. The Balaban J connectivity index is 2.46. The van der Waals surface area contributed by atoms with E-state index in [9.17, 15) is 4.79 Å². The number of pyridine rings is 1. The molecule has 0 radical (unpaired) electrons. The minimum atomic E-state index is -0.912. The standard InChI is InChI=1S/C12H11BrN2O2S/c1-2-3-9-10(12(16)17)18-11(15-9)7-4-8(13)6-14-5-7/h4-6H,2-3H2,1H3,(H,16,17). The van der Waals surface area contributed by atoms with Crippen LogP contribution in [0.4, 0.5) is 0 Å². The van der Waals surface area contributed by atoms with Crippen LogP contribution in [-0.4, -0.2) is 21.0 Å². The Morgan fingerprint density at radius 1 is 1.50 bits per heavy atom. The first-order chi connectivity index (χ1) is 8.61. The van der Waals surface area contributed by atoms with E-state index >= 15 is 0 Å². The third-order valence-corrected chi connectivity index (χ3v) is 3.90. The van der Waals surface area contributed by atoms with E-state index in [0.29, 0.717) is 22.0 Å². The Morgan fingerprint density at radius 2 is 2.28 bits per heavy atom. The zero-order valence-corrected chi connectivity index (χ0v) is 12.1. The number of aromatic nitrogens is 2. The SMILES string of the molecule is CCCc1nc(-c2cncc(Br)c2)sc1C(=O)O. The summed E-state index contributed by atoms with van der Waals surface area (Å²) in [6, 6.07) is 1.88. The van der Waals surface area contributed by atoms with Crippen LogP contribution >= 0.6 is 27.3 Å². The number of carbonyl (C=O) groups is 1. The van der Waals surface area contributed by atoms with Gasteiger partial charge in [0.25, 0.3) is 0 Å². The molecule has 0 aliphatic carbocycles. The summed E-state index contributed by atoms with van der Waals surface area (Å²) < 4.78 is 0.851. The Labute approximate surface area is 117 Å². The van der Waals surface area contributed by atoms with Gasteiger partial charge in [-0.05, 0) is 28.4 Å². The van der Waals surface area contributed by atoms with E-state index in [0.717, 1.165) is 16.5 Å². The molecule has 0 fully saturated rings. The maximum absolute atomic E-state index is 11.2. The lowest BCUT2D eigenvalue weighted by Crippen LogP contribution is -1.98. The van der Waals surface area contributed by atoms with Gasteiger partial charge in [-0.2, -0.15) is 0 Å². The first kappa shape index (κ1) is 13.2. The molecule has 94 valence electrons. The summed E-state index contributed by atoms with van der Waals surface area (Å²) in [4.78, 5) is 20.0. The van der Waals surface area contributed by atoms with Crippen LogP contribution in [-0.2, 0) is 6.42 Å². The number of halogens is 1. The van der Waals surface area contributed by atoms with Gasteiger partial charge < -0.3 is 5.11 Å². The van der Waals surface area contributed by atoms with Crippen LogP contribution in [0.25, 0.3) is 10.6 Å². The summed E-state index contributed by atoms with van der Waals surface area (Å²) in [5, 5.41) is 9.85. The van der Waals surface area contributed by atoms with Crippen LogP contribution < -0.4 is 0 Å². The summed E-state index contributed by atoms with van der Waals surface area (Å²) in [5.74, 6) is -0.912. The van der Waals surface area contributed by atoms with Gasteiger partial charge in [-0.3, -0.25) is 4.98 Å². The number of carboxylic acids is 1. The number of carboxylic acid groups (broad SMARTS) is 1. The molecule has 0 aromatic carbocycles. The lowest BCUT2D eigenvalue weighted by Gasteiger charge is -1.95. The normalized spacial score (nSPS) is 10.6. The zero-order chi connectivity index (χ0) is 13.1. The van der Waals surface area contributed by atoms with Gasteiger partial charge >= 0.3 is 5.97 Å². The van der Waals surface area contributed by atoms with Crippen molar-refractivity contribution in [3.05, 3.63) is 33.5 Å². The molecule has 6 heteroatoms. The molecule has 0 aliphatic rings. The summed E-state index contributed by atoms with van der Waals surface area (Å²) >= 11 is 4.54. The van der Waals surface area contributed by atoms with Crippen LogP contribution in [0.1, 0.15) is 28.7 Å². The van der Waals surface area contributed by atoms with Gasteiger partial charge in [0.05, 0.1) is 5.69 Å². The zero-order valence-electron chi connectivity index (χ0n) is 9.68. The van der Waals surface area contributed by atoms with Gasteiger partial charge in [0, 0.05) is 22.4 Å². The van der Waals surface area contributed by atoms with Crippen molar-refractivity contribution < 1.29 is 9.90 Å². The summed E-state index contributed by atoms with van der Waals surface area (Å²) in [6.45, 7) is 2.01. The van der Waals surface area contributed by atoms with Crippen molar-refractivity contribution in [3.63, 3.8) is 0 Å². The maximum atomic E-state index is 11.2. The molecule has 0 saturated carbocycles. The van der Waals surface area contributed by atoms with E-state index in [1.54, 1.807) is 12.4 Å². The first-order valence-corrected chi connectivity index (χ1v) is 7.06. The maximum Gasteiger partial charge on any atom is 0.347 e. The van der Waals surface area contributed by atoms with Gasteiger partial charge in [0.1, 0.15) is 9.88 Å². The van der Waals surface area contributed by atoms with Crippen LogP contribution in [0.15, 0.2) is 22.9 Å². The van der Waals surface area contributed by atoms with E-state index in [-0.39, 0.29) is 0 Å². The number of aryl methyl sites for hydroxylation is 1. The molecule has 0 unspecified atom stereocenters. The molecule has 2 rings (SSSR count). The van der Waals surface area contributed by atoms with E-state index in [1.807, 2.05) is 13.0 Å². The minimum absolute atomic E-state index is 0.326. The minimum Gasteiger partial charge on any atom is -0.477 e. The Kier molecular flexibility index (Phi) is 4.08. The van der Waals surface area contributed by atoms with Crippen molar-refractivity contribution in [2.75, 3.05) is 0 Å². The fraction of sp³-hybridized carbons (Fsp3) is 0.250. The van der Waals surface area contributed by atoms with Crippen LogP contribution in [0, 0.1) is 0 Å². The third-order valence-electron chi connectivity index (χ3n) is 2.33. The molecular weight excluding hydrogens is 316 g/mol. The van der Waals surface area contributed by atoms with Crippen LogP contribution in [0.3, 0.4) is 0 Å². The molecule has 0 spiro atoms. The largest absolute Gasteiger partial charge is 0.477 e. The molecule has 2 aromatic rings. The van der Waals surface area contributed by atoms with E-state index in [2.05, 4.69) is 25.9 Å². The molecule has 2 heterocycles. The molecule has 1 N–H and O–H groups in total. The number of hydrogen-bond acceptors (Lipinski definition) is 4. The Morgan fingerprint density at radius 3 is 2.89 bits per heavy atom. The lowest BCUT2D eigenvalue weighted by atomic mass is 10.2. The highest BCUT2D eigenvalue weighted by atomic mass is 79.9. The summed E-state index contributed by atoms with van der Waals surface area (Å²) in [7, 11) is 0. The molecular formula is C12H11BrN2O2S. The van der Waals surface area contributed by atoms with Crippen molar-refractivity contribution >= 4 is 33.2 Å². The molecule has 0 aliphatic heterocycles. The smallest absolute Gasteiger partial charge is 0.347 e. The molecule has 4 nitrogen and oxygen atoms in total. The van der Waals surface area contributed by atoms with Gasteiger partial charge in [-0.15, -0.1) is 11.3 Å². The number of hydrogen-bond donors (Lipinski definition) is 1. The fourth-order valence-electron chi connectivity index (χ4n) is 1.58. The van der Waals surface area contributed by atoms with Crippen molar-refractivity contribution in [2.45, 2.75) is 19.8 Å². The highest BCUT2D eigenvalue weighted by molar-refractivity contribution is 9.10.